The number of primary amides is 1. The van der Waals surface area contributed by atoms with E-state index in [0.717, 1.165) is 17.0 Å². The smallest absolute Gasteiger partial charge is 0.405 e. The number of carbonyl (C=O) groups is 2. The van der Waals surface area contributed by atoms with E-state index in [1.54, 1.807) is 31.8 Å². The van der Waals surface area contributed by atoms with E-state index in [1.807, 2.05) is 64.7 Å². The molecule has 2 amide bonds. The zero-order valence-corrected chi connectivity index (χ0v) is 22.7. The first-order chi connectivity index (χ1) is 20.4. The molecular weight excluding hydrogens is 538 g/mol. The highest BCUT2D eigenvalue weighted by atomic mass is 16.5. The number of nitrogens with one attached hydrogen (secondary N) is 1. The Morgan fingerprint density at radius 1 is 1.00 bits per heavy atom. The number of imidazole rings is 1. The molecule has 5 heterocycles. The average molecular weight is 564 g/mol. The molecule has 42 heavy (non-hydrogen) atoms. The fraction of sp³-hybridized carbons (Fsp3) is 0.138. The monoisotopic (exact) mass is 563 g/mol. The second kappa shape index (κ2) is 11.0. The number of nitrogens with two attached hydrogens (primary N) is 1. The van der Waals surface area contributed by atoms with Crippen LogP contribution in [0, 0.1) is 6.92 Å². The molecule has 13 heteroatoms. The van der Waals surface area contributed by atoms with Gasteiger partial charge in [-0.05, 0) is 48.9 Å². The zero-order valence-electron chi connectivity index (χ0n) is 22.7. The Balaban J connectivity index is 1.46. The first-order valence-corrected chi connectivity index (χ1v) is 12.9. The summed E-state index contributed by atoms with van der Waals surface area (Å²) in [7, 11) is 1.63. The summed E-state index contributed by atoms with van der Waals surface area (Å²) in [6, 6.07) is 17.1. The summed E-state index contributed by atoms with van der Waals surface area (Å²) >= 11 is 0. The van der Waals surface area contributed by atoms with E-state index in [-0.39, 0.29) is 0 Å². The molecule has 0 bridgehead atoms. The molecule has 6 rings (SSSR count). The number of pyridine rings is 2. The lowest BCUT2D eigenvalue weighted by atomic mass is 10.2. The maximum absolute atomic E-state index is 12.3. The van der Waals surface area contributed by atoms with Crippen molar-refractivity contribution in [2.45, 2.75) is 13.5 Å². The third-order valence-electron chi connectivity index (χ3n) is 6.52. The Morgan fingerprint density at radius 3 is 2.60 bits per heavy atom. The van der Waals surface area contributed by atoms with Crippen LogP contribution < -0.4 is 15.8 Å². The Morgan fingerprint density at radius 2 is 1.83 bits per heavy atom. The minimum Gasteiger partial charge on any atom is -0.497 e. The van der Waals surface area contributed by atoms with Crippen molar-refractivity contribution in [3.63, 3.8) is 0 Å². The number of fused-ring (bicyclic) bond motifs is 2. The predicted molar refractivity (Wildman–Crippen MR) is 154 cm³/mol. The van der Waals surface area contributed by atoms with Crippen molar-refractivity contribution >= 4 is 39.9 Å². The third-order valence-corrected chi connectivity index (χ3v) is 6.52. The summed E-state index contributed by atoms with van der Waals surface area (Å²) in [4.78, 5) is 46.6. The van der Waals surface area contributed by atoms with Crippen LogP contribution in [0.3, 0.4) is 0 Å². The van der Waals surface area contributed by atoms with Crippen LogP contribution in [0.5, 0.6) is 5.75 Å². The molecule has 0 atom stereocenters. The fourth-order valence-corrected chi connectivity index (χ4v) is 4.58. The van der Waals surface area contributed by atoms with Gasteiger partial charge in [-0.1, -0.05) is 18.2 Å². The Hall–Kier alpha value is -5.85. The summed E-state index contributed by atoms with van der Waals surface area (Å²) in [5.74, 6) is 1.46. The highest BCUT2D eigenvalue weighted by Gasteiger charge is 2.19. The number of aryl methyl sites for hydroxylation is 1. The molecule has 13 nitrogen and oxygen atoms in total. The number of methoxy groups -OCH3 is 1. The molecule has 1 aromatic carbocycles. The summed E-state index contributed by atoms with van der Waals surface area (Å²) in [6.45, 7) is 1.91. The molecule has 0 radical (unpaired) electrons. The second-order valence-corrected chi connectivity index (χ2v) is 9.36. The normalized spacial score (nSPS) is 11.1. The lowest BCUT2D eigenvalue weighted by Crippen LogP contribution is -2.24. The molecule has 0 spiro atoms. The standard InChI is InChI=1S/C29H25N9O4/c1-17-4-3-5-21(33-17)26-35-27-24(32-16-37(27)14-18-6-8-19(41-2)9-7-18)28(36-26)38-13-11-20-22(38)10-12-31-25(20)34-23(39)15-42-29(30)40/h3-13,16H,14-15H2,1-2H3,(H2,30,40)(H,31,34,39). The molecule has 0 aliphatic carbocycles. The molecule has 0 fully saturated rings. The number of benzene rings is 1. The van der Waals surface area contributed by atoms with Crippen LogP contribution in [-0.4, -0.2) is 59.8 Å². The van der Waals surface area contributed by atoms with Gasteiger partial charge in [0.2, 0.25) is 0 Å². The van der Waals surface area contributed by atoms with Crippen molar-refractivity contribution in [2.75, 3.05) is 19.0 Å². The molecule has 0 saturated heterocycles. The molecule has 5 aromatic heterocycles. The second-order valence-electron chi connectivity index (χ2n) is 9.36. The van der Waals surface area contributed by atoms with Gasteiger partial charge < -0.3 is 25.1 Å². The van der Waals surface area contributed by atoms with E-state index >= 15 is 0 Å². The number of hydrogen-bond acceptors (Lipinski definition) is 9. The van der Waals surface area contributed by atoms with Gasteiger partial charge in [0, 0.05) is 23.5 Å². The van der Waals surface area contributed by atoms with E-state index in [4.69, 9.17) is 25.4 Å². The van der Waals surface area contributed by atoms with Gasteiger partial charge in [0.15, 0.2) is 29.4 Å². The summed E-state index contributed by atoms with van der Waals surface area (Å²) in [5.41, 5.74) is 9.39. The van der Waals surface area contributed by atoms with Gasteiger partial charge in [0.25, 0.3) is 5.91 Å². The number of ether oxygens (including phenoxy) is 2. The van der Waals surface area contributed by atoms with E-state index in [2.05, 4.69) is 20.0 Å². The highest BCUT2D eigenvalue weighted by Crippen LogP contribution is 2.29. The number of rotatable bonds is 8. The minimum absolute atomic E-state index is 0.292. The number of anilines is 1. The highest BCUT2D eigenvalue weighted by molar-refractivity contribution is 6.01. The van der Waals surface area contributed by atoms with Crippen LogP contribution in [0.4, 0.5) is 10.6 Å². The SMILES string of the molecule is COc1ccc(Cn2cnc3c(-n4ccc5c(NC(=O)COC(N)=O)nccc54)nc(-c4cccc(C)n4)nc32)cc1. The third kappa shape index (κ3) is 5.18. The van der Waals surface area contributed by atoms with Crippen molar-refractivity contribution in [1.82, 2.24) is 34.1 Å². The van der Waals surface area contributed by atoms with Gasteiger partial charge >= 0.3 is 6.09 Å². The van der Waals surface area contributed by atoms with Crippen LogP contribution in [-0.2, 0) is 16.1 Å². The van der Waals surface area contributed by atoms with Crippen molar-refractivity contribution in [3.05, 3.63) is 84.6 Å². The minimum atomic E-state index is -1.04. The van der Waals surface area contributed by atoms with Gasteiger partial charge in [-0.2, -0.15) is 0 Å². The lowest BCUT2D eigenvalue weighted by molar-refractivity contribution is -0.118. The van der Waals surface area contributed by atoms with Gasteiger partial charge in [0.05, 0.1) is 25.5 Å². The number of aromatic nitrogens is 7. The molecule has 0 aliphatic heterocycles. The number of nitrogens with zero attached hydrogens (tertiary/aromatic N) is 7. The van der Waals surface area contributed by atoms with Crippen molar-refractivity contribution in [1.29, 1.82) is 0 Å². The fourth-order valence-electron chi connectivity index (χ4n) is 4.58. The van der Waals surface area contributed by atoms with E-state index < -0.39 is 18.6 Å². The maximum Gasteiger partial charge on any atom is 0.405 e. The predicted octanol–water partition coefficient (Wildman–Crippen LogP) is 3.63. The average Bonchev–Trinajstić information content (AvgIpc) is 3.61. The van der Waals surface area contributed by atoms with E-state index in [1.165, 1.54) is 0 Å². The van der Waals surface area contributed by atoms with Gasteiger partial charge in [-0.25, -0.2) is 29.7 Å². The molecular formula is C29H25N9O4. The summed E-state index contributed by atoms with van der Waals surface area (Å²) in [5, 5.41) is 3.30. The van der Waals surface area contributed by atoms with E-state index in [9.17, 15) is 9.59 Å². The van der Waals surface area contributed by atoms with Crippen LogP contribution >= 0.6 is 0 Å². The van der Waals surface area contributed by atoms with Crippen molar-refractivity contribution in [2.24, 2.45) is 5.73 Å². The number of hydrogen-bond donors (Lipinski definition) is 2. The lowest BCUT2D eigenvalue weighted by Gasteiger charge is -2.11. The Kier molecular flexibility index (Phi) is 6.88. The molecule has 210 valence electrons. The molecule has 3 N–H and O–H groups in total. The summed E-state index contributed by atoms with van der Waals surface area (Å²) < 4.78 is 13.7. The Labute approximate surface area is 239 Å². The van der Waals surface area contributed by atoms with Gasteiger partial charge in [0.1, 0.15) is 17.3 Å². The topological polar surface area (TPSA) is 165 Å². The zero-order chi connectivity index (χ0) is 29.2. The quantitative estimate of drug-likeness (QED) is 0.281. The van der Waals surface area contributed by atoms with Crippen LogP contribution in [0.2, 0.25) is 0 Å². The van der Waals surface area contributed by atoms with Gasteiger partial charge in [-0.15, -0.1) is 0 Å². The largest absolute Gasteiger partial charge is 0.497 e. The molecule has 0 unspecified atom stereocenters. The van der Waals surface area contributed by atoms with Crippen LogP contribution in [0.15, 0.2) is 73.3 Å². The van der Waals surface area contributed by atoms with Gasteiger partial charge in [-0.3, -0.25) is 9.36 Å². The van der Waals surface area contributed by atoms with Crippen LogP contribution in [0.25, 0.3) is 39.4 Å². The first kappa shape index (κ1) is 26.4. The number of amides is 2. The van der Waals surface area contributed by atoms with E-state index in [0.29, 0.717) is 51.8 Å². The van der Waals surface area contributed by atoms with Crippen LogP contribution in [0.1, 0.15) is 11.3 Å². The first-order valence-electron chi connectivity index (χ1n) is 12.9. The number of carbonyl (C=O) groups excluding carboxylic acids is 2. The maximum atomic E-state index is 12.3. The van der Waals surface area contributed by atoms with Crippen molar-refractivity contribution < 1.29 is 19.1 Å². The summed E-state index contributed by atoms with van der Waals surface area (Å²) in [6.07, 6.45) is 4.07. The van der Waals surface area contributed by atoms with Crippen molar-refractivity contribution in [3.8, 4) is 23.1 Å². The Bertz CT molecular complexity index is 1950. The molecule has 0 saturated carbocycles. The molecule has 0 aliphatic rings. The molecule has 6 aromatic rings.